The molecule has 9 nitrogen and oxygen atoms in total. The summed E-state index contributed by atoms with van der Waals surface area (Å²) >= 11 is 0. The van der Waals surface area contributed by atoms with E-state index in [9.17, 15) is 13.5 Å². The summed E-state index contributed by atoms with van der Waals surface area (Å²) in [4.78, 5) is 8.04. The molecule has 0 bridgehead atoms. The van der Waals surface area contributed by atoms with Gasteiger partial charge in [0.05, 0.1) is 40.9 Å². The van der Waals surface area contributed by atoms with E-state index in [2.05, 4.69) is 20.0 Å². The number of sulfonamides is 1. The maximum atomic E-state index is 12.7. The Bertz CT molecular complexity index is 1390. The summed E-state index contributed by atoms with van der Waals surface area (Å²) in [5.74, 6) is 0.532. The van der Waals surface area contributed by atoms with Crippen LogP contribution in [-0.2, 0) is 21.4 Å². The number of hydrogen-bond acceptors (Lipinski definition) is 7. The molecule has 6 N–H and O–H groups in total. The van der Waals surface area contributed by atoms with Crippen LogP contribution in [0.1, 0.15) is 31.3 Å². The van der Waals surface area contributed by atoms with Gasteiger partial charge in [-0.3, -0.25) is 10.0 Å². The fourth-order valence-electron chi connectivity index (χ4n) is 3.55. The lowest BCUT2D eigenvalue weighted by Gasteiger charge is -2.30. The van der Waals surface area contributed by atoms with E-state index in [1.165, 1.54) is 12.1 Å². The van der Waals surface area contributed by atoms with Crippen LogP contribution < -0.4 is 15.8 Å². The number of fused-ring (bicyclic) bond motifs is 1. The molecule has 2 unspecified atom stereocenters. The highest BCUT2D eigenvalue weighted by Gasteiger charge is 2.27. The third kappa shape index (κ3) is 6.48. The molecule has 4 rings (SSSR count). The number of nitrogens with zero attached hydrogens (tertiary/aromatic N) is 1. The third-order valence-corrected chi connectivity index (χ3v) is 6.99. The fraction of sp³-hybridized carbons (Fsp3) is 0.269. The standard InChI is InChI=1S/C26H31N5O4S/c1-26(2,27)25(32)30-23(17-35-16-18-9-5-3-6-10-18)24-28-21-14-13-19(15-22(21)29-24)31-36(33,34)20-11-7-4-8-12-20/h3-15,23,25,30-32H,16-17,27H2,1-2H3,(H,28,29). The van der Waals surface area contributed by atoms with Gasteiger partial charge in [0, 0.05) is 5.54 Å². The number of aliphatic hydroxyl groups is 1. The molecule has 0 aliphatic rings. The van der Waals surface area contributed by atoms with Gasteiger partial charge < -0.3 is 20.6 Å². The molecule has 10 heteroatoms. The van der Waals surface area contributed by atoms with E-state index >= 15 is 0 Å². The molecule has 2 atom stereocenters. The smallest absolute Gasteiger partial charge is 0.261 e. The van der Waals surface area contributed by atoms with E-state index in [1.54, 1.807) is 50.2 Å². The minimum absolute atomic E-state index is 0.175. The lowest BCUT2D eigenvalue weighted by atomic mass is 10.0. The average molecular weight is 510 g/mol. The largest absolute Gasteiger partial charge is 0.377 e. The highest BCUT2D eigenvalue weighted by molar-refractivity contribution is 7.92. The third-order valence-electron chi connectivity index (χ3n) is 5.60. The van der Waals surface area contributed by atoms with Crippen LogP contribution in [0.4, 0.5) is 5.69 Å². The first kappa shape index (κ1) is 25.8. The van der Waals surface area contributed by atoms with Gasteiger partial charge in [-0.1, -0.05) is 48.5 Å². The van der Waals surface area contributed by atoms with Crippen LogP contribution in [0.2, 0.25) is 0 Å². The normalized spacial score (nSPS) is 14.0. The minimum Gasteiger partial charge on any atom is -0.377 e. The number of aliphatic hydroxyl groups excluding tert-OH is 1. The number of hydrogen-bond donors (Lipinski definition) is 5. The van der Waals surface area contributed by atoms with Crippen LogP contribution in [-0.4, -0.2) is 41.9 Å². The molecule has 3 aromatic carbocycles. The van der Waals surface area contributed by atoms with E-state index in [0.717, 1.165) is 5.56 Å². The molecule has 0 saturated heterocycles. The number of benzene rings is 3. The van der Waals surface area contributed by atoms with Crippen molar-refractivity contribution in [2.45, 2.75) is 43.2 Å². The van der Waals surface area contributed by atoms with E-state index in [-0.39, 0.29) is 11.5 Å². The lowest BCUT2D eigenvalue weighted by molar-refractivity contribution is 0.0293. The Kier molecular flexibility index (Phi) is 7.72. The SMILES string of the molecule is CC(C)(N)C(O)NC(COCc1ccccc1)c1nc2ccc(NS(=O)(=O)c3ccccc3)cc2[nH]1. The Morgan fingerprint density at radius 3 is 2.39 bits per heavy atom. The van der Waals surface area contributed by atoms with Crippen LogP contribution in [0.3, 0.4) is 0 Å². The molecule has 0 aliphatic heterocycles. The maximum Gasteiger partial charge on any atom is 0.261 e. The van der Waals surface area contributed by atoms with Gasteiger partial charge in [-0.25, -0.2) is 13.4 Å². The number of aromatic amines is 1. The summed E-state index contributed by atoms with van der Waals surface area (Å²) in [6.45, 7) is 4.05. The Labute approximate surface area is 210 Å². The molecule has 0 radical (unpaired) electrons. The summed E-state index contributed by atoms with van der Waals surface area (Å²) in [5.41, 5.74) is 7.88. The van der Waals surface area contributed by atoms with E-state index < -0.39 is 27.8 Å². The Hall–Kier alpha value is -3.28. The Balaban J connectivity index is 1.55. The molecule has 190 valence electrons. The first-order valence-corrected chi connectivity index (χ1v) is 13.0. The molecule has 0 fully saturated rings. The summed E-state index contributed by atoms with van der Waals surface area (Å²) in [6.07, 6.45) is -1.02. The number of ether oxygens (including phenoxy) is 1. The van der Waals surface area contributed by atoms with Crippen molar-refractivity contribution >= 4 is 26.7 Å². The van der Waals surface area contributed by atoms with E-state index in [0.29, 0.717) is 29.2 Å². The molecule has 0 amide bonds. The van der Waals surface area contributed by atoms with Crippen molar-refractivity contribution in [1.29, 1.82) is 0 Å². The van der Waals surface area contributed by atoms with Gasteiger partial charge in [0.1, 0.15) is 12.1 Å². The van der Waals surface area contributed by atoms with Gasteiger partial charge in [-0.15, -0.1) is 0 Å². The number of nitrogens with one attached hydrogen (secondary N) is 3. The van der Waals surface area contributed by atoms with Crippen molar-refractivity contribution in [2.75, 3.05) is 11.3 Å². The van der Waals surface area contributed by atoms with Crippen molar-refractivity contribution in [3.05, 3.63) is 90.3 Å². The predicted molar refractivity (Wildman–Crippen MR) is 140 cm³/mol. The van der Waals surface area contributed by atoms with Crippen molar-refractivity contribution in [3.63, 3.8) is 0 Å². The molecule has 1 heterocycles. The second kappa shape index (κ2) is 10.8. The molecule has 4 aromatic rings. The van der Waals surface area contributed by atoms with Gasteiger partial charge in [-0.2, -0.15) is 0 Å². The van der Waals surface area contributed by atoms with E-state index in [4.69, 9.17) is 10.5 Å². The molecule has 36 heavy (non-hydrogen) atoms. The number of nitrogens with two attached hydrogens (primary N) is 1. The van der Waals surface area contributed by atoms with Crippen molar-refractivity contribution in [3.8, 4) is 0 Å². The Morgan fingerprint density at radius 2 is 1.72 bits per heavy atom. The zero-order chi connectivity index (χ0) is 25.8. The monoisotopic (exact) mass is 509 g/mol. The number of H-pyrrole nitrogens is 1. The van der Waals surface area contributed by atoms with Gasteiger partial charge in [0.25, 0.3) is 10.0 Å². The average Bonchev–Trinajstić information content (AvgIpc) is 3.27. The minimum atomic E-state index is -3.73. The maximum absolute atomic E-state index is 12.7. The van der Waals surface area contributed by atoms with Gasteiger partial charge in [0.2, 0.25) is 0 Å². The molecule has 0 saturated carbocycles. The first-order valence-electron chi connectivity index (χ1n) is 11.5. The number of aromatic nitrogens is 2. The second-order valence-corrected chi connectivity index (χ2v) is 10.9. The number of anilines is 1. The molecular formula is C26H31N5O4S. The van der Waals surface area contributed by atoms with Crippen molar-refractivity contribution in [2.24, 2.45) is 5.73 Å². The van der Waals surface area contributed by atoms with Crippen molar-refractivity contribution < 1.29 is 18.3 Å². The zero-order valence-corrected chi connectivity index (χ0v) is 21.0. The number of rotatable bonds is 11. The molecule has 1 aromatic heterocycles. The van der Waals surface area contributed by atoms with Crippen LogP contribution in [0.15, 0.2) is 83.8 Å². The topological polar surface area (TPSA) is 142 Å². The summed E-state index contributed by atoms with van der Waals surface area (Å²) < 4.78 is 33.9. The zero-order valence-electron chi connectivity index (χ0n) is 20.2. The molecule has 0 spiro atoms. The van der Waals surface area contributed by atoms with Crippen molar-refractivity contribution in [1.82, 2.24) is 15.3 Å². The molecule has 0 aliphatic carbocycles. The first-order chi connectivity index (χ1) is 17.1. The summed E-state index contributed by atoms with van der Waals surface area (Å²) in [5, 5.41) is 13.7. The highest BCUT2D eigenvalue weighted by atomic mass is 32.2. The summed E-state index contributed by atoms with van der Waals surface area (Å²) in [6, 6.07) is 22.5. The van der Waals surface area contributed by atoms with Gasteiger partial charge in [0.15, 0.2) is 0 Å². The van der Waals surface area contributed by atoms with Gasteiger partial charge in [-0.05, 0) is 49.7 Å². The second-order valence-electron chi connectivity index (χ2n) is 9.22. The highest BCUT2D eigenvalue weighted by Crippen LogP contribution is 2.23. The van der Waals surface area contributed by atoms with Crippen LogP contribution in [0, 0.1) is 0 Å². The van der Waals surface area contributed by atoms with E-state index in [1.807, 2.05) is 30.3 Å². The quantitative estimate of drug-likeness (QED) is 0.195. The fourth-order valence-corrected chi connectivity index (χ4v) is 4.62. The van der Waals surface area contributed by atoms with Crippen LogP contribution >= 0.6 is 0 Å². The lowest BCUT2D eigenvalue weighted by Crippen LogP contribution is -2.54. The summed E-state index contributed by atoms with van der Waals surface area (Å²) in [7, 11) is -3.73. The Morgan fingerprint density at radius 1 is 1.06 bits per heavy atom. The predicted octanol–water partition coefficient (Wildman–Crippen LogP) is 3.27. The van der Waals surface area contributed by atoms with Crippen LogP contribution in [0.5, 0.6) is 0 Å². The van der Waals surface area contributed by atoms with Gasteiger partial charge >= 0.3 is 0 Å². The van der Waals surface area contributed by atoms with Crippen LogP contribution in [0.25, 0.3) is 11.0 Å². The number of imidazole rings is 1. The molecular weight excluding hydrogens is 478 g/mol.